The molecule has 35 heavy (non-hydrogen) atoms. The first-order valence-electron chi connectivity index (χ1n) is 12.9. The van der Waals surface area contributed by atoms with Crippen molar-refractivity contribution < 1.29 is 14.0 Å². The van der Waals surface area contributed by atoms with Gasteiger partial charge in [0, 0.05) is 55.7 Å². The Morgan fingerprint density at radius 3 is 2.46 bits per heavy atom. The van der Waals surface area contributed by atoms with Crippen LogP contribution >= 0.6 is 0 Å². The van der Waals surface area contributed by atoms with Crippen LogP contribution in [0.25, 0.3) is 22.1 Å². The number of carbonyl (C=O) groups is 2. The van der Waals surface area contributed by atoms with E-state index in [1.54, 1.807) is 0 Å². The van der Waals surface area contributed by atoms with Gasteiger partial charge in [-0.15, -0.1) is 0 Å². The lowest BCUT2D eigenvalue weighted by Crippen LogP contribution is -2.47. The summed E-state index contributed by atoms with van der Waals surface area (Å²) in [4.78, 5) is 33.0. The van der Waals surface area contributed by atoms with Gasteiger partial charge in [0.15, 0.2) is 11.5 Å². The molecule has 0 N–H and O–H groups in total. The van der Waals surface area contributed by atoms with Gasteiger partial charge >= 0.3 is 0 Å². The fourth-order valence-corrected chi connectivity index (χ4v) is 6.10. The molecule has 4 saturated heterocycles. The number of para-hydroxylation sites is 1. The van der Waals surface area contributed by atoms with E-state index < -0.39 is 0 Å². The Morgan fingerprint density at radius 1 is 0.943 bits per heavy atom. The average Bonchev–Trinajstić information content (AvgIpc) is 3.34. The SMILES string of the molecule is CN1CCN(C(=O)c2cccc(-c3cccc4cc(C(=O)C[C@H]5CN6CCC5CC6)oc34)c2)CC1. The molecule has 2 bridgehead atoms. The zero-order chi connectivity index (χ0) is 23.9. The Hall–Kier alpha value is -2.96. The molecule has 6 heteroatoms. The van der Waals surface area contributed by atoms with Gasteiger partial charge in [0.05, 0.1) is 0 Å². The Kier molecular flexibility index (Phi) is 5.94. The Morgan fingerprint density at radius 2 is 1.71 bits per heavy atom. The summed E-state index contributed by atoms with van der Waals surface area (Å²) < 4.78 is 6.20. The van der Waals surface area contributed by atoms with Crippen molar-refractivity contribution in [2.75, 3.05) is 52.9 Å². The second-order valence-electron chi connectivity index (χ2n) is 10.5. The first-order valence-corrected chi connectivity index (χ1v) is 12.9. The fourth-order valence-electron chi connectivity index (χ4n) is 6.10. The number of carbonyl (C=O) groups excluding carboxylic acids is 2. The number of likely N-dealkylation sites (N-methyl/N-ethyl adjacent to an activating group) is 1. The third-order valence-electron chi connectivity index (χ3n) is 8.27. The second-order valence-corrected chi connectivity index (χ2v) is 10.5. The van der Waals surface area contributed by atoms with Crippen LogP contribution in [0.5, 0.6) is 0 Å². The molecule has 6 nitrogen and oxygen atoms in total. The van der Waals surface area contributed by atoms with Gasteiger partial charge in [-0.2, -0.15) is 0 Å². The minimum absolute atomic E-state index is 0.0694. The van der Waals surface area contributed by atoms with Crippen molar-refractivity contribution in [3.8, 4) is 11.1 Å². The van der Waals surface area contributed by atoms with Crippen molar-refractivity contribution in [1.29, 1.82) is 0 Å². The highest BCUT2D eigenvalue weighted by molar-refractivity contribution is 6.02. The predicted molar refractivity (Wildman–Crippen MR) is 137 cm³/mol. The van der Waals surface area contributed by atoms with Crippen molar-refractivity contribution >= 4 is 22.7 Å². The molecule has 0 radical (unpaired) electrons. The Balaban J connectivity index is 1.25. The largest absolute Gasteiger partial charge is 0.452 e. The summed E-state index contributed by atoms with van der Waals surface area (Å²) in [5.41, 5.74) is 3.25. The molecule has 7 rings (SSSR count). The van der Waals surface area contributed by atoms with E-state index >= 15 is 0 Å². The molecule has 1 atom stereocenters. The zero-order valence-corrected chi connectivity index (χ0v) is 20.4. The van der Waals surface area contributed by atoms with Crippen LogP contribution in [0.15, 0.2) is 52.9 Å². The van der Waals surface area contributed by atoms with E-state index in [0.717, 1.165) is 49.2 Å². The van der Waals surface area contributed by atoms with Crippen molar-refractivity contribution in [2.24, 2.45) is 11.8 Å². The molecule has 182 valence electrons. The minimum atomic E-state index is 0.0694. The molecule has 1 amide bonds. The standard InChI is InChI=1S/C29H33N3O3/c1-30-12-14-32(15-13-30)29(34)23-6-2-4-21(16-23)25-7-3-5-22-18-27(35-28(22)25)26(33)17-24-19-31-10-8-20(24)9-11-31/h2-7,16,18,20,24H,8-15,17,19H2,1H3/t24-/m0/s1. The van der Waals surface area contributed by atoms with E-state index in [2.05, 4.69) is 16.8 Å². The number of rotatable bonds is 5. The number of piperazine rings is 1. The lowest BCUT2D eigenvalue weighted by Gasteiger charge is -2.44. The van der Waals surface area contributed by atoms with E-state index in [0.29, 0.717) is 35.2 Å². The quantitative estimate of drug-likeness (QED) is 0.516. The molecule has 4 fully saturated rings. The highest BCUT2D eigenvalue weighted by Gasteiger charge is 2.35. The molecule has 0 saturated carbocycles. The summed E-state index contributed by atoms with van der Waals surface area (Å²) in [6.07, 6.45) is 2.99. The summed E-state index contributed by atoms with van der Waals surface area (Å²) >= 11 is 0. The van der Waals surface area contributed by atoms with Gasteiger partial charge in [-0.3, -0.25) is 9.59 Å². The number of benzene rings is 2. The zero-order valence-electron chi connectivity index (χ0n) is 20.4. The number of piperidine rings is 3. The maximum atomic E-state index is 13.2. The Bertz CT molecular complexity index is 1250. The molecule has 5 heterocycles. The number of hydrogen-bond donors (Lipinski definition) is 0. The van der Waals surface area contributed by atoms with Crippen molar-refractivity contribution in [1.82, 2.24) is 14.7 Å². The highest BCUT2D eigenvalue weighted by Crippen LogP contribution is 2.36. The van der Waals surface area contributed by atoms with Gasteiger partial charge in [0.1, 0.15) is 5.58 Å². The van der Waals surface area contributed by atoms with Crippen LogP contribution in [0.2, 0.25) is 0 Å². The van der Waals surface area contributed by atoms with E-state index in [4.69, 9.17) is 4.42 Å². The van der Waals surface area contributed by atoms with Crippen LogP contribution in [0, 0.1) is 11.8 Å². The summed E-state index contributed by atoms with van der Waals surface area (Å²) in [6, 6.07) is 15.7. The van der Waals surface area contributed by atoms with E-state index in [-0.39, 0.29) is 11.7 Å². The molecule has 3 aromatic rings. The molecular formula is C29H33N3O3. The first-order chi connectivity index (χ1) is 17.0. The van der Waals surface area contributed by atoms with Gasteiger partial charge in [0.25, 0.3) is 5.91 Å². The van der Waals surface area contributed by atoms with Crippen LogP contribution in [0.1, 0.15) is 40.2 Å². The van der Waals surface area contributed by atoms with Gasteiger partial charge < -0.3 is 19.1 Å². The van der Waals surface area contributed by atoms with Gasteiger partial charge in [0.2, 0.25) is 0 Å². The summed E-state index contributed by atoms with van der Waals surface area (Å²) in [7, 11) is 2.09. The highest BCUT2D eigenvalue weighted by atomic mass is 16.3. The van der Waals surface area contributed by atoms with E-state index in [9.17, 15) is 9.59 Å². The van der Waals surface area contributed by atoms with Gasteiger partial charge in [-0.25, -0.2) is 0 Å². The molecule has 4 aliphatic heterocycles. The minimum Gasteiger partial charge on any atom is -0.452 e. The van der Waals surface area contributed by atoms with Crippen LogP contribution in [-0.4, -0.2) is 79.3 Å². The third kappa shape index (κ3) is 4.41. The topological polar surface area (TPSA) is 57.0 Å². The number of furan rings is 1. The second kappa shape index (κ2) is 9.25. The number of hydrogen-bond acceptors (Lipinski definition) is 5. The smallest absolute Gasteiger partial charge is 0.253 e. The number of Topliss-reactive ketones (excluding diaryl/α,β-unsaturated/α-hetero) is 1. The molecule has 1 aromatic heterocycles. The molecular weight excluding hydrogens is 438 g/mol. The maximum Gasteiger partial charge on any atom is 0.253 e. The molecule has 4 aliphatic rings. The van der Waals surface area contributed by atoms with Crippen LogP contribution in [-0.2, 0) is 0 Å². The van der Waals surface area contributed by atoms with E-state index in [1.165, 1.54) is 25.9 Å². The molecule has 0 spiro atoms. The lowest BCUT2D eigenvalue weighted by molar-refractivity contribution is 0.0433. The van der Waals surface area contributed by atoms with Crippen molar-refractivity contribution in [2.45, 2.75) is 19.3 Å². The fraction of sp³-hybridized carbons (Fsp3) is 0.448. The van der Waals surface area contributed by atoms with Crippen LogP contribution in [0.3, 0.4) is 0 Å². The van der Waals surface area contributed by atoms with Gasteiger partial charge in [-0.1, -0.05) is 30.3 Å². The molecule has 0 unspecified atom stereocenters. The molecule has 2 aromatic carbocycles. The lowest BCUT2D eigenvalue weighted by atomic mass is 9.76. The first kappa shape index (κ1) is 22.5. The van der Waals surface area contributed by atoms with Crippen LogP contribution in [0.4, 0.5) is 0 Å². The van der Waals surface area contributed by atoms with Gasteiger partial charge in [-0.05, 0) is 68.6 Å². The number of fused-ring (bicyclic) bond motifs is 4. The Labute approximate surface area is 206 Å². The third-order valence-corrected chi connectivity index (χ3v) is 8.27. The maximum absolute atomic E-state index is 13.2. The van der Waals surface area contributed by atoms with E-state index in [1.807, 2.05) is 53.4 Å². The number of nitrogens with zero attached hydrogens (tertiary/aromatic N) is 3. The normalized spacial score (nSPS) is 24.7. The monoisotopic (exact) mass is 471 g/mol. The summed E-state index contributed by atoms with van der Waals surface area (Å²) in [5, 5.41) is 0.926. The van der Waals surface area contributed by atoms with Crippen molar-refractivity contribution in [3.63, 3.8) is 0 Å². The van der Waals surface area contributed by atoms with Crippen LogP contribution < -0.4 is 0 Å². The molecule has 0 aliphatic carbocycles. The number of amides is 1. The summed E-state index contributed by atoms with van der Waals surface area (Å²) in [5.74, 6) is 1.73. The summed E-state index contributed by atoms with van der Waals surface area (Å²) in [6.45, 7) is 6.69. The predicted octanol–water partition coefficient (Wildman–Crippen LogP) is 4.40. The average molecular weight is 472 g/mol. The van der Waals surface area contributed by atoms with Crippen molar-refractivity contribution in [3.05, 3.63) is 59.9 Å². The number of ketones is 1.